The number of hydrogen-bond donors (Lipinski definition) is 0. The lowest BCUT2D eigenvalue weighted by Crippen LogP contribution is -2.37. The zero-order valence-electron chi connectivity index (χ0n) is 15.9. The molecule has 1 aromatic heterocycles. The van der Waals surface area contributed by atoms with Crippen molar-refractivity contribution < 1.29 is 4.79 Å². The first-order valence-electron chi connectivity index (χ1n) is 8.97. The van der Waals surface area contributed by atoms with Crippen LogP contribution in [0, 0.1) is 0 Å². The molecule has 6 heteroatoms. The molecule has 3 aromatic rings. The number of benzene rings is 2. The molecule has 0 unspecified atom stereocenters. The first kappa shape index (κ1) is 19.2. The third-order valence-corrected chi connectivity index (χ3v) is 5.34. The normalized spacial score (nSPS) is 11.0. The Morgan fingerprint density at radius 3 is 2.30 bits per heavy atom. The van der Waals surface area contributed by atoms with Crippen molar-refractivity contribution in [3.05, 3.63) is 66.2 Å². The van der Waals surface area contributed by atoms with Gasteiger partial charge in [-0.1, -0.05) is 72.4 Å². The van der Waals surface area contributed by atoms with Crippen LogP contribution in [0.15, 0.2) is 65.8 Å². The molecule has 2 aromatic carbocycles. The average Bonchev–Trinajstić information content (AvgIpc) is 3.06. The van der Waals surface area contributed by atoms with Crippen LogP contribution in [0.1, 0.15) is 19.4 Å². The van der Waals surface area contributed by atoms with E-state index in [0.717, 1.165) is 22.1 Å². The van der Waals surface area contributed by atoms with Gasteiger partial charge in [0.2, 0.25) is 5.91 Å². The van der Waals surface area contributed by atoms with Crippen molar-refractivity contribution >= 4 is 17.7 Å². The fourth-order valence-electron chi connectivity index (χ4n) is 2.83. The molecule has 0 spiro atoms. The second-order valence-electron chi connectivity index (χ2n) is 6.62. The van der Waals surface area contributed by atoms with Gasteiger partial charge in [-0.2, -0.15) is 0 Å². The molecule has 27 heavy (non-hydrogen) atoms. The van der Waals surface area contributed by atoms with Crippen LogP contribution in [0.4, 0.5) is 0 Å². The fraction of sp³-hybridized carbons (Fsp3) is 0.286. The molecule has 0 bridgehead atoms. The predicted octanol–water partition coefficient (Wildman–Crippen LogP) is 4.01. The molecule has 5 nitrogen and oxygen atoms in total. The lowest BCUT2D eigenvalue weighted by molar-refractivity contribution is -0.130. The van der Waals surface area contributed by atoms with E-state index in [4.69, 9.17) is 0 Å². The quantitative estimate of drug-likeness (QED) is 0.581. The third-order valence-electron chi connectivity index (χ3n) is 4.33. The maximum absolute atomic E-state index is 12.8. The minimum absolute atomic E-state index is 0.100. The second-order valence-corrected chi connectivity index (χ2v) is 7.56. The van der Waals surface area contributed by atoms with Gasteiger partial charge in [0, 0.05) is 25.2 Å². The largest absolute Gasteiger partial charge is 0.335 e. The predicted molar refractivity (Wildman–Crippen MR) is 109 cm³/mol. The summed E-state index contributed by atoms with van der Waals surface area (Å²) in [4.78, 5) is 14.7. The zero-order chi connectivity index (χ0) is 19.2. The molecule has 0 fully saturated rings. The van der Waals surface area contributed by atoms with Gasteiger partial charge in [-0.15, -0.1) is 10.2 Å². The number of nitrogens with zero attached hydrogens (tertiary/aromatic N) is 4. The Morgan fingerprint density at radius 1 is 1.04 bits per heavy atom. The standard InChI is InChI=1S/C21H24N4OS/c1-16(2)25(14-17-10-6-4-7-11-17)19(26)15-27-21-23-22-20(24(21)3)18-12-8-5-9-13-18/h4-13,16H,14-15H2,1-3H3. The number of aromatic nitrogens is 3. The Balaban J connectivity index is 1.66. The first-order valence-corrected chi connectivity index (χ1v) is 9.96. The number of hydrogen-bond acceptors (Lipinski definition) is 4. The number of carbonyl (C=O) groups is 1. The average molecular weight is 381 g/mol. The molecule has 0 N–H and O–H groups in total. The molecule has 0 aliphatic heterocycles. The topological polar surface area (TPSA) is 51.0 Å². The monoisotopic (exact) mass is 380 g/mol. The highest BCUT2D eigenvalue weighted by Crippen LogP contribution is 2.23. The van der Waals surface area contributed by atoms with Crippen molar-refractivity contribution in [2.75, 3.05) is 5.75 Å². The van der Waals surface area contributed by atoms with Crippen LogP contribution >= 0.6 is 11.8 Å². The molecule has 0 saturated carbocycles. The number of thioether (sulfide) groups is 1. The van der Waals surface area contributed by atoms with Crippen LogP contribution in [-0.2, 0) is 18.4 Å². The van der Waals surface area contributed by atoms with Gasteiger partial charge < -0.3 is 9.47 Å². The van der Waals surface area contributed by atoms with E-state index in [1.54, 1.807) is 0 Å². The summed E-state index contributed by atoms with van der Waals surface area (Å²) in [7, 11) is 1.93. The summed E-state index contributed by atoms with van der Waals surface area (Å²) in [5, 5.41) is 9.28. The van der Waals surface area contributed by atoms with Gasteiger partial charge in [0.15, 0.2) is 11.0 Å². The van der Waals surface area contributed by atoms with Gasteiger partial charge in [-0.05, 0) is 19.4 Å². The van der Waals surface area contributed by atoms with Crippen molar-refractivity contribution in [3.63, 3.8) is 0 Å². The van der Waals surface area contributed by atoms with Crippen LogP contribution in [0.5, 0.6) is 0 Å². The van der Waals surface area contributed by atoms with E-state index < -0.39 is 0 Å². The van der Waals surface area contributed by atoms with E-state index >= 15 is 0 Å². The first-order chi connectivity index (χ1) is 13.1. The zero-order valence-corrected chi connectivity index (χ0v) is 16.7. The van der Waals surface area contributed by atoms with Gasteiger partial charge in [0.05, 0.1) is 5.75 Å². The van der Waals surface area contributed by atoms with Crippen LogP contribution in [0.2, 0.25) is 0 Å². The Bertz CT molecular complexity index is 878. The molecule has 0 aliphatic rings. The van der Waals surface area contributed by atoms with Gasteiger partial charge in [-0.25, -0.2) is 0 Å². The molecule has 0 atom stereocenters. The van der Waals surface area contributed by atoms with E-state index in [1.165, 1.54) is 11.8 Å². The summed E-state index contributed by atoms with van der Waals surface area (Å²) in [6.45, 7) is 4.70. The Morgan fingerprint density at radius 2 is 1.67 bits per heavy atom. The highest BCUT2D eigenvalue weighted by atomic mass is 32.2. The van der Waals surface area contributed by atoms with E-state index in [-0.39, 0.29) is 11.9 Å². The number of carbonyl (C=O) groups excluding carboxylic acids is 1. The molecule has 140 valence electrons. The van der Waals surface area contributed by atoms with Crippen molar-refractivity contribution in [2.45, 2.75) is 31.6 Å². The third kappa shape index (κ3) is 4.77. The molecule has 0 aliphatic carbocycles. The number of rotatable bonds is 7. The van der Waals surface area contributed by atoms with Crippen molar-refractivity contribution in [1.29, 1.82) is 0 Å². The summed E-state index contributed by atoms with van der Waals surface area (Å²) >= 11 is 1.43. The Hall–Kier alpha value is -2.60. The maximum Gasteiger partial charge on any atom is 0.233 e. The van der Waals surface area contributed by atoms with Gasteiger partial charge >= 0.3 is 0 Å². The molecule has 0 saturated heterocycles. The van der Waals surface area contributed by atoms with Crippen molar-refractivity contribution in [3.8, 4) is 11.4 Å². The molecule has 1 amide bonds. The van der Waals surface area contributed by atoms with Crippen LogP contribution in [0.3, 0.4) is 0 Å². The summed E-state index contributed by atoms with van der Waals surface area (Å²) < 4.78 is 1.93. The van der Waals surface area contributed by atoms with Crippen LogP contribution in [-0.4, -0.2) is 37.4 Å². The SMILES string of the molecule is CC(C)N(Cc1ccccc1)C(=O)CSc1nnc(-c2ccccc2)n1C. The summed E-state index contributed by atoms with van der Waals surface area (Å²) in [5.41, 5.74) is 2.15. The van der Waals surface area contributed by atoms with Crippen molar-refractivity contribution in [1.82, 2.24) is 19.7 Å². The molecule has 3 rings (SSSR count). The van der Waals surface area contributed by atoms with Crippen LogP contribution < -0.4 is 0 Å². The summed E-state index contributed by atoms with van der Waals surface area (Å²) in [6.07, 6.45) is 0. The van der Waals surface area contributed by atoms with Crippen molar-refractivity contribution in [2.24, 2.45) is 7.05 Å². The molecule has 1 heterocycles. The van der Waals surface area contributed by atoms with Gasteiger partial charge in [-0.3, -0.25) is 4.79 Å². The van der Waals surface area contributed by atoms with Crippen LogP contribution in [0.25, 0.3) is 11.4 Å². The summed E-state index contributed by atoms with van der Waals surface area (Å²) in [6, 6.07) is 20.1. The fourth-order valence-corrected chi connectivity index (χ4v) is 3.62. The molecular formula is C21H24N4OS. The highest BCUT2D eigenvalue weighted by molar-refractivity contribution is 7.99. The highest BCUT2D eigenvalue weighted by Gasteiger charge is 2.19. The van der Waals surface area contributed by atoms with E-state index in [9.17, 15) is 4.79 Å². The minimum atomic E-state index is 0.100. The Kier molecular flexibility index (Phi) is 6.29. The lowest BCUT2D eigenvalue weighted by Gasteiger charge is -2.26. The van der Waals surface area contributed by atoms with Gasteiger partial charge in [0.25, 0.3) is 0 Å². The maximum atomic E-state index is 12.8. The summed E-state index contributed by atoms with van der Waals surface area (Å²) in [5.74, 6) is 1.24. The molecule has 0 radical (unpaired) electrons. The smallest absolute Gasteiger partial charge is 0.233 e. The lowest BCUT2D eigenvalue weighted by atomic mass is 10.2. The van der Waals surface area contributed by atoms with E-state index in [0.29, 0.717) is 12.3 Å². The van der Waals surface area contributed by atoms with E-state index in [1.807, 2.05) is 91.0 Å². The minimum Gasteiger partial charge on any atom is -0.335 e. The number of amides is 1. The van der Waals surface area contributed by atoms with E-state index in [2.05, 4.69) is 10.2 Å². The Labute approximate surface area is 164 Å². The second kappa shape index (κ2) is 8.86. The van der Waals surface area contributed by atoms with Gasteiger partial charge in [0.1, 0.15) is 0 Å². The molecular weight excluding hydrogens is 356 g/mol.